The van der Waals surface area contributed by atoms with Crippen LogP contribution in [-0.4, -0.2) is 29.8 Å². The number of anilines is 3. The summed E-state index contributed by atoms with van der Waals surface area (Å²) in [5.41, 5.74) is 7.95. The Morgan fingerprint density at radius 2 is 2.04 bits per heavy atom. The molecule has 6 nitrogen and oxygen atoms in total. The van der Waals surface area contributed by atoms with Crippen LogP contribution in [0.15, 0.2) is 30.5 Å². The van der Waals surface area contributed by atoms with E-state index < -0.39 is 0 Å². The second-order valence-electron chi connectivity index (χ2n) is 5.84. The van der Waals surface area contributed by atoms with Gasteiger partial charge < -0.3 is 20.5 Å². The molecule has 1 aromatic carbocycles. The standard InChI is InChI=1S/C17H22N4O2/c1-11(10-22-2)23-14-7-5-13(6-8-14)20-17-19-9-15(12-3-4-12)16(18)21-17/h5-9,11-12H,3-4,10H2,1-2H3,(H3,18,19,20,21). The highest BCUT2D eigenvalue weighted by atomic mass is 16.5. The molecule has 3 rings (SSSR count). The summed E-state index contributed by atoms with van der Waals surface area (Å²) >= 11 is 0. The summed E-state index contributed by atoms with van der Waals surface area (Å²) in [7, 11) is 1.66. The SMILES string of the molecule is COCC(C)Oc1ccc(Nc2ncc(C3CC3)c(N)n2)cc1. The minimum absolute atomic E-state index is 0.0110. The summed E-state index contributed by atoms with van der Waals surface area (Å²) in [5, 5.41) is 3.15. The van der Waals surface area contributed by atoms with E-state index in [9.17, 15) is 0 Å². The van der Waals surface area contributed by atoms with E-state index in [1.807, 2.05) is 37.4 Å². The van der Waals surface area contributed by atoms with E-state index in [0.29, 0.717) is 24.3 Å². The molecule has 3 N–H and O–H groups in total. The third kappa shape index (κ3) is 4.10. The molecule has 122 valence electrons. The molecule has 0 saturated heterocycles. The summed E-state index contributed by atoms with van der Waals surface area (Å²) in [5.74, 6) is 2.42. The third-order valence-electron chi connectivity index (χ3n) is 3.71. The molecule has 6 heteroatoms. The number of nitrogens with two attached hydrogens (primary N) is 1. The second kappa shape index (κ2) is 6.83. The molecule has 1 aliphatic carbocycles. The monoisotopic (exact) mass is 314 g/mol. The van der Waals surface area contributed by atoms with Gasteiger partial charge in [-0.1, -0.05) is 0 Å². The van der Waals surface area contributed by atoms with Gasteiger partial charge in [0.05, 0.1) is 6.61 Å². The molecule has 1 fully saturated rings. The average molecular weight is 314 g/mol. The third-order valence-corrected chi connectivity index (χ3v) is 3.71. The van der Waals surface area contributed by atoms with Crippen molar-refractivity contribution in [3.63, 3.8) is 0 Å². The number of benzene rings is 1. The lowest BCUT2D eigenvalue weighted by molar-refractivity contribution is 0.0921. The Balaban J connectivity index is 1.62. The molecule has 1 unspecified atom stereocenters. The zero-order chi connectivity index (χ0) is 16.2. The summed E-state index contributed by atoms with van der Waals surface area (Å²) in [6, 6.07) is 7.64. The maximum absolute atomic E-state index is 6.00. The van der Waals surface area contributed by atoms with Gasteiger partial charge in [0.25, 0.3) is 0 Å². The van der Waals surface area contributed by atoms with Crippen molar-refractivity contribution in [1.29, 1.82) is 0 Å². The van der Waals surface area contributed by atoms with Gasteiger partial charge in [-0.15, -0.1) is 0 Å². The van der Waals surface area contributed by atoms with Crippen LogP contribution in [0.5, 0.6) is 5.75 Å². The fourth-order valence-electron chi connectivity index (χ4n) is 2.42. The van der Waals surface area contributed by atoms with Crippen LogP contribution in [0.25, 0.3) is 0 Å². The Kier molecular flexibility index (Phi) is 4.62. The van der Waals surface area contributed by atoms with Gasteiger partial charge in [-0.2, -0.15) is 4.98 Å². The van der Waals surface area contributed by atoms with Gasteiger partial charge in [0.1, 0.15) is 17.7 Å². The second-order valence-corrected chi connectivity index (χ2v) is 5.84. The van der Waals surface area contributed by atoms with Crippen molar-refractivity contribution in [3.8, 4) is 5.75 Å². The van der Waals surface area contributed by atoms with Crippen molar-refractivity contribution >= 4 is 17.5 Å². The van der Waals surface area contributed by atoms with E-state index in [4.69, 9.17) is 15.2 Å². The summed E-state index contributed by atoms with van der Waals surface area (Å²) in [6.45, 7) is 2.52. The van der Waals surface area contributed by atoms with Crippen molar-refractivity contribution in [3.05, 3.63) is 36.0 Å². The van der Waals surface area contributed by atoms with Crippen LogP contribution in [0.1, 0.15) is 31.2 Å². The van der Waals surface area contributed by atoms with Gasteiger partial charge in [0.15, 0.2) is 0 Å². The zero-order valence-electron chi connectivity index (χ0n) is 13.5. The smallest absolute Gasteiger partial charge is 0.229 e. The molecule has 23 heavy (non-hydrogen) atoms. The van der Waals surface area contributed by atoms with Crippen LogP contribution in [0.4, 0.5) is 17.5 Å². The van der Waals surface area contributed by atoms with Crippen LogP contribution in [0, 0.1) is 0 Å². The van der Waals surface area contributed by atoms with Crippen LogP contribution in [0.3, 0.4) is 0 Å². The van der Waals surface area contributed by atoms with E-state index in [-0.39, 0.29) is 6.10 Å². The maximum Gasteiger partial charge on any atom is 0.229 e. The number of ether oxygens (including phenoxy) is 2. The molecule has 1 heterocycles. The number of nitrogens with one attached hydrogen (secondary N) is 1. The predicted molar refractivity (Wildman–Crippen MR) is 90.1 cm³/mol. The van der Waals surface area contributed by atoms with Crippen molar-refractivity contribution in [2.45, 2.75) is 31.8 Å². The molecule has 2 aromatic rings. The Morgan fingerprint density at radius 1 is 1.30 bits per heavy atom. The first kappa shape index (κ1) is 15.6. The lowest BCUT2D eigenvalue weighted by atomic mass is 10.2. The van der Waals surface area contributed by atoms with Crippen LogP contribution in [-0.2, 0) is 4.74 Å². The molecule has 0 radical (unpaired) electrons. The molecular weight excluding hydrogens is 292 g/mol. The summed E-state index contributed by atoms with van der Waals surface area (Å²) in [4.78, 5) is 8.67. The number of nitrogen functional groups attached to an aromatic ring is 1. The summed E-state index contributed by atoms with van der Waals surface area (Å²) < 4.78 is 10.8. The van der Waals surface area contributed by atoms with Gasteiger partial charge in [-0.05, 0) is 49.9 Å². The van der Waals surface area contributed by atoms with Crippen LogP contribution >= 0.6 is 0 Å². The molecule has 1 saturated carbocycles. The first-order chi connectivity index (χ1) is 11.2. The number of hydrogen-bond donors (Lipinski definition) is 2. The highest BCUT2D eigenvalue weighted by Gasteiger charge is 2.26. The first-order valence-electron chi connectivity index (χ1n) is 7.81. The first-order valence-corrected chi connectivity index (χ1v) is 7.81. The molecule has 0 amide bonds. The molecule has 0 bridgehead atoms. The van der Waals surface area contributed by atoms with E-state index in [1.165, 1.54) is 12.8 Å². The maximum atomic E-state index is 6.00. The quantitative estimate of drug-likeness (QED) is 0.817. The van der Waals surface area contributed by atoms with E-state index in [2.05, 4.69) is 15.3 Å². The lowest BCUT2D eigenvalue weighted by Crippen LogP contribution is -2.17. The average Bonchev–Trinajstić information content (AvgIpc) is 3.34. The normalized spacial score (nSPS) is 15.2. The van der Waals surface area contributed by atoms with E-state index >= 15 is 0 Å². The van der Waals surface area contributed by atoms with Crippen molar-refractivity contribution < 1.29 is 9.47 Å². The zero-order valence-corrected chi connectivity index (χ0v) is 13.5. The highest BCUT2D eigenvalue weighted by molar-refractivity contribution is 5.57. The predicted octanol–water partition coefficient (Wildman–Crippen LogP) is 3.09. The Labute approximate surface area is 136 Å². The van der Waals surface area contributed by atoms with Crippen LogP contribution in [0.2, 0.25) is 0 Å². The van der Waals surface area contributed by atoms with Gasteiger partial charge in [0, 0.05) is 24.6 Å². The number of aromatic nitrogens is 2. The molecule has 0 aliphatic heterocycles. The topological polar surface area (TPSA) is 82.3 Å². The molecule has 0 spiro atoms. The van der Waals surface area contributed by atoms with Gasteiger partial charge in [-0.3, -0.25) is 0 Å². The molecule has 1 atom stereocenters. The Bertz CT molecular complexity index is 656. The fraction of sp³-hybridized carbons (Fsp3) is 0.412. The van der Waals surface area contributed by atoms with E-state index in [0.717, 1.165) is 17.0 Å². The molecular formula is C17H22N4O2. The van der Waals surface area contributed by atoms with Gasteiger partial charge >= 0.3 is 0 Å². The number of nitrogens with zero attached hydrogens (tertiary/aromatic N) is 2. The molecule has 1 aliphatic rings. The summed E-state index contributed by atoms with van der Waals surface area (Å²) in [6.07, 6.45) is 4.20. The van der Waals surface area contributed by atoms with E-state index in [1.54, 1.807) is 7.11 Å². The largest absolute Gasteiger partial charge is 0.488 e. The number of rotatable bonds is 7. The lowest BCUT2D eigenvalue weighted by Gasteiger charge is -2.14. The minimum Gasteiger partial charge on any atom is -0.488 e. The number of methoxy groups -OCH3 is 1. The van der Waals surface area contributed by atoms with Crippen molar-refractivity contribution in [2.75, 3.05) is 24.8 Å². The van der Waals surface area contributed by atoms with Gasteiger partial charge in [-0.25, -0.2) is 4.98 Å². The fourth-order valence-corrected chi connectivity index (χ4v) is 2.42. The number of hydrogen-bond acceptors (Lipinski definition) is 6. The van der Waals surface area contributed by atoms with Gasteiger partial charge in [0.2, 0.25) is 5.95 Å². The molecule has 1 aromatic heterocycles. The Morgan fingerprint density at radius 3 is 2.65 bits per heavy atom. The van der Waals surface area contributed by atoms with Crippen LogP contribution < -0.4 is 15.8 Å². The van der Waals surface area contributed by atoms with Crippen molar-refractivity contribution in [1.82, 2.24) is 9.97 Å². The Hall–Kier alpha value is -2.34. The van der Waals surface area contributed by atoms with Crippen molar-refractivity contribution in [2.24, 2.45) is 0 Å². The minimum atomic E-state index is 0.0110. The highest BCUT2D eigenvalue weighted by Crippen LogP contribution is 2.42.